The lowest BCUT2D eigenvalue weighted by atomic mass is 9.73. The standard InChI is InChI=1S/C34H35F3N3O4P/c35-34(36,37)25-40-32(41)33(30-15-3-1-13-28(30)29-14-2-4-16-31(29)33)19-7-10-24-45(42,43-22-17-26-11-5-8-20-38-26)44-23-18-27-12-6-9-21-39-27/h1-6,8-9,11-16,20-21H,7,10,17-19,22-25H2,(H,40,41). The molecular weight excluding hydrogens is 602 g/mol. The number of amides is 1. The summed E-state index contributed by atoms with van der Waals surface area (Å²) in [6, 6.07) is 25.7. The van der Waals surface area contributed by atoms with Crippen molar-refractivity contribution in [1.29, 1.82) is 0 Å². The van der Waals surface area contributed by atoms with Gasteiger partial charge < -0.3 is 14.4 Å². The number of rotatable bonds is 15. The molecule has 1 amide bonds. The number of fused-ring (bicyclic) bond motifs is 3. The van der Waals surface area contributed by atoms with Crippen molar-refractivity contribution in [2.45, 2.75) is 43.7 Å². The van der Waals surface area contributed by atoms with Crippen molar-refractivity contribution in [3.05, 3.63) is 120 Å². The number of hydrogen-bond donors (Lipinski definition) is 1. The van der Waals surface area contributed by atoms with Gasteiger partial charge in [0.15, 0.2) is 0 Å². The summed E-state index contributed by atoms with van der Waals surface area (Å²) < 4.78 is 65.3. The molecule has 0 saturated carbocycles. The number of carbonyl (C=O) groups excluding carboxylic acids is 1. The fraction of sp³-hybridized carbons (Fsp3) is 0.324. The lowest BCUT2D eigenvalue weighted by Crippen LogP contribution is -2.47. The molecule has 1 aliphatic carbocycles. The Balaban J connectivity index is 1.31. The number of alkyl halides is 3. The lowest BCUT2D eigenvalue weighted by molar-refractivity contribution is -0.141. The van der Waals surface area contributed by atoms with E-state index in [0.29, 0.717) is 36.8 Å². The van der Waals surface area contributed by atoms with Gasteiger partial charge in [-0.05, 0) is 59.4 Å². The molecule has 2 aromatic carbocycles. The Labute approximate surface area is 260 Å². The summed E-state index contributed by atoms with van der Waals surface area (Å²) in [5.41, 5.74) is 3.21. The van der Waals surface area contributed by atoms with Crippen LogP contribution in [0.4, 0.5) is 13.2 Å². The highest BCUT2D eigenvalue weighted by Gasteiger charge is 2.49. The Hall–Kier alpha value is -3.85. The second-order valence-corrected chi connectivity index (χ2v) is 13.1. The Kier molecular flexibility index (Phi) is 10.5. The number of pyridine rings is 2. The minimum absolute atomic E-state index is 0.0843. The third-order valence-corrected chi connectivity index (χ3v) is 9.90. The summed E-state index contributed by atoms with van der Waals surface area (Å²) in [4.78, 5) is 22.3. The molecule has 0 spiro atoms. The molecule has 0 unspecified atom stereocenters. The van der Waals surface area contributed by atoms with Crippen LogP contribution in [0.25, 0.3) is 11.1 Å². The summed E-state index contributed by atoms with van der Waals surface area (Å²) in [5, 5.41) is 2.15. The highest BCUT2D eigenvalue weighted by molar-refractivity contribution is 7.53. The molecule has 0 fully saturated rings. The van der Waals surface area contributed by atoms with E-state index in [9.17, 15) is 22.5 Å². The fourth-order valence-corrected chi connectivity index (χ4v) is 7.50. The quantitative estimate of drug-likeness (QED) is 0.109. The topological polar surface area (TPSA) is 90.4 Å². The molecule has 236 valence electrons. The smallest absolute Gasteiger partial charge is 0.346 e. The molecule has 4 aromatic rings. The van der Waals surface area contributed by atoms with Crippen LogP contribution >= 0.6 is 7.60 Å². The minimum Gasteiger partial charge on any atom is -0.346 e. The first-order valence-corrected chi connectivity index (χ1v) is 16.7. The molecule has 0 radical (unpaired) electrons. The van der Waals surface area contributed by atoms with Crippen LogP contribution in [0.2, 0.25) is 0 Å². The summed E-state index contributed by atoms with van der Waals surface area (Å²) in [7, 11) is -3.57. The predicted octanol–water partition coefficient (Wildman–Crippen LogP) is 7.30. The van der Waals surface area contributed by atoms with E-state index in [1.54, 1.807) is 36.7 Å². The third-order valence-electron chi connectivity index (χ3n) is 7.88. The normalized spacial score (nSPS) is 13.7. The molecule has 7 nitrogen and oxygen atoms in total. The van der Waals surface area contributed by atoms with Crippen LogP contribution in [0, 0.1) is 0 Å². The monoisotopic (exact) mass is 637 g/mol. The molecule has 45 heavy (non-hydrogen) atoms. The van der Waals surface area contributed by atoms with Gasteiger partial charge in [0.2, 0.25) is 5.91 Å². The Morgan fingerprint density at radius 2 is 1.27 bits per heavy atom. The van der Waals surface area contributed by atoms with Crippen molar-refractivity contribution in [1.82, 2.24) is 15.3 Å². The first-order valence-electron chi connectivity index (χ1n) is 14.9. The van der Waals surface area contributed by atoms with E-state index < -0.39 is 31.6 Å². The fourth-order valence-electron chi connectivity index (χ4n) is 5.82. The maximum atomic E-state index is 13.9. The average molecular weight is 638 g/mol. The number of unbranched alkanes of at least 4 members (excludes halogenated alkanes) is 1. The molecular formula is C34H35F3N3O4P. The van der Waals surface area contributed by atoms with Gasteiger partial charge in [-0.1, -0.05) is 67.1 Å². The zero-order valence-corrected chi connectivity index (χ0v) is 25.6. The van der Waals surface area contributed by atoms with Gasteiger partial charge in [0.25, 0.3) is 0 Å². The summed E-state index contributed by atoms with van der Waals surface area (Å²) in [5.74, 6) is -0.710. The van der Waals surface area contributed by atoms with Crippen molar-refractivity contribution >= 4 is 13.5 Å². The number of aromatic nitrogens is 2. The van der Waals surface area contributed by atoms with Crippen molar-refractivity contribution in [3.63, 3.8) is 0 Å². The molecule has 11 heteroatoms. The van der Waals surface area contributed by atoms with E-state index in [4.69, 9.17) is 9.05 Å². The highest BCUT2D eigenvalue weighted by atomic mass is 31.2. The van der Waals surface area contributed by atoms with Crippen molar-refractivity contribution in [2.75, 3.05) is 25.9 Å². The van der Waals surface area contributed by atoms with Crippen LogP contribution in [0.3, 0.4) is 0 Å². The molecule has 0 bridgehead atoms. The first kappa shape index (κ1) is 32.5. The summed E-state index contributed by atoms with van der Waals surface area (Å²) >= 11 is 0. The first-order chi connectivity index (χ1) is 21.7. The van der Waals surface area contributed by atoms with Gasteiger partial charge in [0, 0.05) is 36.6 Å². The number of hydrogen-bond acceptors (Lipinski definition) is 6. The van der Waals surface area contributed by atoms with Gasteiger partial charge in [-0.15, -0.1) is 0 Å². The summed E-state index contributed by atoms with van der Waals surface area (Å²) in [6.07, 6.45) is 0.752. The number of carbonyl (C=O) groups is 1. The number of nitrogens with one attached hydrogen (secondary N) is 1. The highest BCUT2D eigenvalue weighted by Crippen LogP contribution is 2.53. The number of halogens is 3. The SMILES string of the molecule is O=C(NCC(F)(F)F)C1(CCCCP(=O)(OCCc2ccccn2)OCCc2ccccn2)c2ccccc2-c2ccccc21. The predicted molar refractivity (Wildman–Crippen MR) is 166 cm³/mol. The van der Waals surface area contributed by atoms with E-state index >= 15 is 0 Å². The molecule has 0 atom stereocenters. The van der Waals surface area contributed by atoms with Gasteiger partial charge in [-0.25, -0.2) is 0 Å². The molecule has 2 aromatic heterocycles. The van der Waals surface area contributed by atoms with Crippen LogP contribution in [-0.2, 0) is 36.7 Å². The van der Waals surface area contributed by atoms with Gasteiger partial charge in [-0.2, -0.15) is 13.2 Å². The maximum Gasteiger partial charge on any atom is 0.405 e. The van der Waals surface area contributed by atoms with Crippen molar-refractivity contribution < 1.29 is 31.6 Å². The van der Waals surface area contributed by atoms with Gasteiger partial charge >= 0.3 is 13.8 Å². The molecule has 0 aliphatic heterocycles. The summed E-state index contributed by atoms with van der Waals surface area (Å²) in [6.45, 7) is -1.15. The van der Waals surface area contributed by atoms with E-state index in [-0.39, 0.29) is 25.8 Å². The molecule has 1 N–H and O–H groups in total. The van der Waals surface area contributed by atoms with Crippen LogP contribution in [-0.4, -0.2) is 48.0 Å². The largest absolute Gasteiger partial charge is 0.405 e. The second kappa shape index (κ2) is 14.5. The molecule has 2 heterocycles. The van der Waals surface area contributed by atoms with E-state index in [2.05, 4.69) is 15.3 Å². The van der Waals surface area contributed by atoms with Crippen molar-refractivity contribution in [3.8, 4) is 11.1 Å². The second-order valence-electron chi connectivity index (χ2n) is 10.9. The van der Waals surface area contributed by atoms with E-state index in [0.717, 1.165) is 22.5 Å². The van der Waals surface area contributed by atoms with Crippen molar-refractivity contribution in [2.24, 2.45) is 0 Å². The van der Waals surface area contributed by atoms with Crippen LogP contribution < -0.4 is 5.32 Å². The van der Waals surface area contributed by atoms with Crippen LogP contribution in [0.5, 0.6) is 0 Å². The zero-order chi connectivity index (χ0) is 31.8. The third kappa shape index (κ3) is 8.06. The maximum absolute atomic E-state index is 13.9. The zero-order valence-electron chi connectivity index (χ0n) is 24.7. The average Bonchev–Trinajstić information content (AvgIpc) is 3.33. The lowest BCUT2D eigenvalue weighted by Gasteiger charge is -2.31. The minimum atomic E-state index is -4.56. The molecule has 1 aliphatic rings. The molecule has 5 rings (SSSR count). The Bertz CT molecular complexity index is 1530. The van der Waals surface area contributed by atoms with Crippen LogP contribution in [0.1, 0.15) is 41.8 Å². The Morgan fingerprint density at radius 3 is 1.76 bits per heavy atom. The number of nitrogens with zero attached hydrogens (tertiary/aromatic N) is 2. The molecule has 0 saturated heterocycles. The number of benzene rings is 2. The van der Waals surface area contributed by atoms with E-state index in [1.807, 2.05) is 60.7 Å². The van der Waals surface area contributed by atoms with Crippen LogP contribution in [0.15, 0.2) is 97.3 Å². The van der Waals surface area contributed by atoms with Gasteiger partial charge in [0.05, 0.1) is 19.4 Å². The Morgan fingerprint density at radius 1 is 0.756 bits per heavy atom. The van der Waals surface area contributed by atoms with Gasteiger partial charge in [0.1, 0.15) is 12.0 Å². The van der Waals surface area contributed by atoms with E-state index in [1.165, 1.54) is 0 Å². The van der Waals surface area contributed by atoms with Gasteiger partial charge in [-0.3, -0.25) is 19.3 Å².